The molecular weight excluding hydrogens is 258 g/mol. The minimum absolute atomic E-state index is 0.109. The van der Waals surface area contributed by atoms with Gasteiger partial charge in [-0.15, -0.1) is 0 Å². The minimum atomic E-state index is -0.629. The molecule has 1 heterocycles. The van der Waals surface area contributed by atoms with Gasteiger partial charge >= 0.3 is 0 Å². The van der Waals surface area contributed by atoms with Crippen molar-refractivity contribution in [1.82, 2.24) is 4.98 Å². The number of rotatable bonds is 6. The third-order valence-electron chi connectivity index (χ3n) is 2.48. The van der Waals surface area contributed by atoms with Crippen LogP contribution in [-0.4, -0.2) is 24.1 Å². The first kappa shape index (κ1) is 13.7. The fourth-order valence-corrected chi connectivity index (χ4v) is 1.52. The van der Waals surface area contributed by atoms with E-state index in [1.54, 1.807) is 0 Å². The second-order valence-electron chi connectivity index (χ2n) is 3.97. The lowest BCUT2D eigenvalue weighted by Gasteiger charge is -2.09. The van der Waals surface area contributed by atoms with Gasteiger partial charge in [0.1, 0.15) is 24.7 Å². The summed E-state index contributed by atoms with van der Waals surface area (Å²) in [6.07, 6.45) is 0. The number of nitrogens with zero attached hydrogens (tertiary/aromatic N) is 1. The predicted octanol–water partition coefficient (Wildman–Crippen LogP) is 1.22. The highest BCUT2D eigenvalue weighted by molar-refractivity contribution is 5.91. The Bertz CT molecular complexity index is 587. The van der Waals surface area contributed by atoms with Gasteiger partial charge in [0, 0.05) is 0 Å². The van der Waals surface area contributed by atoms with Gasteiger partial charge in [0.25, 0.3) is 5.91 Å². The van der Waals surface area contributed by atoms with Crippen LogP contribution < -0.4 is 20.9 Å². The fraction of sp³-hybridized carbons (Fsp3) is 0.143. The molecule has 0 bridgehead atoms. The number of pyridine rings is 1. The largest absolute Gasteiger partial charge is 0.490 e. The zero-order chi connectivity index (χ0) is 14.4. The maximum atomic E-state index is 11.0. The molecule has 0 atom stereocenters. The van der Waals surface area contributed by atoms with Crippen LogP contribution >= 0.6 is 0 Å². The number of carbonyl (C=O) groups excluding carboxylic acids is 1. The van der Waals surface area contributed by atoms with Crippen molar-refractivity contribution in [2.75, 3.05) is 18.9 Å². The molecule has 0 spiro atoms. The third kappa shape index (κ3) is 3.61. The Kier molecular flexibility index (Phi) is 4.39. The Balaban J connectivity index is 1.88. The molecule has 2 aromatic rings. The summed E-state index contributed by atoms with van der Waals surface area (Å²) in [5.74, 6) is 0.302. The predicted molar refractivity (Wildman–Crippen MR) is 74.6 cm³/mol. The molecule has 0 fully saturated rings. The highest BCUT2D eigenvalue weighted by Gasteiger charge is 2.08. The molecule has 0 saturated heterocycles. The van der Waals surface area contributed by atoms with Crippen LogP contribution in [0.5, 0.6) is 11.6 Å². The summed E-state index contributed by atoms with van der Waals surface area (Å²) in [6, 6.07) is 12.3. The second kappa shape index (κ2) is 6.42. The number of amides is 1. The van der Waals surface area contributed by atoms with E-state index in [1.165, 1.54) is 12.1 Å². The van der Waals surface area contributed by atoms with Gasteiger partial charge < -0.3 is 20.9 Å². The van der Waals surface area contributed by atoms with Crippen LogP contribution in [0.25, 0.3) is 0 Å². The number of primary amides is 1. The summed E-state index contributed by atoms with van der Waals surface area (Å²) in [4.78, 5) is 15.0. The van der Waals surface area contributed by atoms with E-state index in [2.05, 4.69) is 4.98 Å². The van der Waals surface area contributed by atoms with Crippen molar-refractivity contribution in [3.05, 3.63) is 48.2 Å². The standard InChI is InChI=1S/C14H15N3O3/c15-11-6-7-12(13(16)18)17-14(11)20-9-8-19-10-4-2-1-3-5-10/h1-7H,8-9,15H2,(H2,16,18). The SMILES string of the molecule is NC(=O)c1ccc(N)c(OCCOc2ccccc2)n1. The number of anilines is 1. The van der Waals surface area contributed by atoms with E-state index in [9.17, 15) is 4.79 Å². The maximum absolute atomic E-state index is 11.0. The van der Waals surface area contributed by atoms with E-state index < -0.39 is 5.91 Å². The Morgan fingerprint density at radius 3 is 2.45 bits per heavy atom. The van der Waals surface area contributed by atoms with E-state index in [0.717, 1.165) is 5.75 Å². The Morgan fingerprint density at radius 1 is 1.05 bits per heavy atom. The molecule has 0 saturated carbocycles. The molecule has 0 aliphatic carbocycles. The molecule has 104 valence electrons. The molecule has 2 rings (SSSR count). The van der Waals surface area contributed by atoms with Crippen molar-refractivity contribution in [3.63, 3.8) is 0 Å². The van der Waals surface area contributed by atoms with Crippen LogP contribution in [0.1, 0.15) is 10.5 Å². The number of nitrogen functional groups attached to an aromatic ring is 1. The topological polar surface area (TPSA) is 100 Å². The van der Waals surface area contributed by atoms with Gasteiger partial charge in [0.05, 0.1) is 5.69 Å². The van der Waals surface area contributed by atoms with Crippen LogP contribution in [0.15, 0.2) is 42.5 Å². The normalized spacial score (nSPS) is 10.0. The van der Waals surface area contributed by atoms with E-state index in [-0.39, 0.29) is 18.2 Å². The van der Waals surface area contributed by atoms with E-state index in [4.69, 9.17) is 20.9 Å². The lowest BCUT2D eigenvalue weighted by Crippen LogP contribution is -2.15. The first-order valence-corrected chi connectivity index (χ1v) is 6.04. The molecule has 0 aliphatic heterocycles. The molecule has 20 heavy (non-hydrogen) atoms. The van der Waals surface area contributed by atoms with Crippen molar-refractivity contribution < 1.29 is 14.3 Å². The Labute approximate surface area is 116 Å². The van der Waals surface area contributed by atoms with E-state index in [0.29, 0.717) is 12.3 Å². The van der Waals surface area contributed by atoms with Gasteiger partial charge in [-0.1, -0.05) is 18.2 Å². The molecule has 6 nitrogen and oxygen atoms in total. The molecule has 1 aromatic carbocycles. The summed E-state index contributed by atoms with van der Waals surface area (Å²) in [6.45, 7) is 0.597. The molecule has 6 heteroatoms. The van der Waals surface area contributed by atoms with E-state index in [1.807, 2.05) is 30.3 Å². The van der Waals surface area contributed by atoms with Crippen LogP contribution in [0.4, 0.5) is 5.69 Å². The van der Waals surface area contributed by atoms with Gasteiger partial charge in [-0.2, -0.15) is 0 Å². The van der Waals surface area contributed by atoms with Gasteiger partial charge in [0.2, 0.25) is 5.88 Å². The van der Waals surface area contributed by atoms with Gasteiger partial charge in [0.15, 0.2) is 0 Å². The molecule has 1 aromatic heterocycles. The molecule has 4 N–H and O–H groups in total. The van der Waals surface area contributed by atoms with Crippen molar-refractivity contribution >= 4 is 11.6 Å². The summed E-state index contributed by atoms with van der Waals surface area (Å²) in [5.41, 5.74) is 11.3. The lowest BCUT2D eigenvalue weighted by atomic mass is 10.3. The Morgan fingerprint density at radius 2 is 1.75 bits per heavy atom. The van der Waals surface area contributed by atoms with Crippen LogP contribution in [-0.2, 0) is 0 Å². The fourth-order valence-electron chi connectivity index (χ4n) is 1.52. The lowest BCUT2D eigenvalue weighted by molar-refractivity contribution is 0.0994. The van der Waals surface area contributed by atoms with Crippen molar-refractivity contribution in [2.24, 2.45) is 5.73 Å². The van der Waals surface area contributed by atoms with Crippen LogP contribution in [0.2, 0.25) is 0 Å². The number of nitrogens with two attached hydrogens (primary N) is 2. The number of carbonyl (C=O) groups is 1. The first-order valence-electron chi connectivity index (χ1n) is 6.04. The summed E-state index contributed by atoms with van der Waals surface area (Å²) < 4.78 is 10.8. The molecular formula is C14H15N3O3. The third-order valence-corrected chi connectivity index (χ3v) is 2.48. The van der Waals surface area contributed by atoms with Gasteiger partial charge in [-0.3, -0.25) is 4.79 Å². The summed E-state index contributed by atoms with van der Waals surface area (Å²) in [5, 5.41) is 0. The first-order chi connectivity index (χ1) is 9.66. The average Bonchev–Trinajstić information content (AvgIpc) is 2.46. The quantitative estimate of drug-likeness (QED) is 0.771. The van der Waals surface area contributed by atoms with Gasteiger partial charge in [-0.05, 0) is 24.3 Å². The number of hydrogen-bond donors (Lipinski definition) is 2. The molecule has 0 radical (unpaired) electrons. The number of para-hydroxylation sites is 1. The average molecular weight is 273 g/mol. The number of hydrogen-bond acceptors (Lipinski definition) is 5. The van der Waals surface area contributed by atoms with E-state index >= 15 is 0 Å². The maximum Gasteiger partial charge on any atom is 0.267 e. The second-order valence-corrected chi connectivity index (χ2v) is 3.97. The van der Waals surface area contributed by atoms with Crippen molar-refractivity contribution in [2.45, 2.75) is 0 Å². The molecule has 0 aliphatic rings. The number of ether oxygens (including phenoxy) is 2. The summed E-state index contributed by atoms with van der Waals surface area (Å²) in [7, 11) is 0. The monoisotopic (exact) mass is 273 g/mol. The van der Waals surface area contributed by atoms with Gasteiger partial charge in [-0.25, -0.2) is 4.98 Å². The molecule has 0 unspecified atom stereocenters. The van der Waals surface area contributed by atoms with Crippen molar-refractivity contribution in [1.29, 1.82) is 0 Å². The van der Waals surface area contributed by atoms with Crippen LogP contribution in [0.3, 0.4) is 0 Å². The molecule has 1 amide bonds. The van der Waals surface area contributed by atoms with Crippen LogP contribution in [0, 0.1) is 0 Å². The minimum Gasteiger partial charge on any atom is -0.490 e. The smallest absolute Gasteiger partial charge is 0.267 e. The highest BCUT2D eigenvalue weighted by atomic mass is 16.5. The Hall–Kier alpha value is -2.76. The number of benzene rings is 1. The summed E-state index contributed by atoms with van der Waals surface area (Å²) >= 11 is 0. The zero-order valence-electron chi connectivity index (χ0n) is 10.8. The number of aromatic nitrogens is 1. The zero-order valence-corrected chi connectivity index (χ0v) is 10.8. The van der Waals surface area contributed by atoms with Crippen molar-refractivity contribution in [3.8, 4) is 11.6 Å². The highest BCUT2D eigenvalue weighted by Crippen LogP contribution is 2.18.